The zero-order valence-corrected chi connectivity index (χ0v) is 9.41. The molecule has 1 aromatic rings. The number of benzene rings is 1. The monoisotopic (exact) mass is 204 g/mol. The van der Waals surface area contributed by atoms with Gasteiger partial charge in [-0.15, -0.1) is 0 Å². The first-order valence-electron chi connectivity index (χ1n) is 5.05. The summed E-state index contributed by atoms with van der Waals surface area (Å²) >= 11 is 0. The van der Waals surface area contributed by atoms with Crippen LogP contribution in [0.5, 0.6) is 0 Å². The summed E-state index contributed by atoms with van der Waals surface area (Å²) in [5, 5.41) is 0. The third kappa shape index (κ3) is 3.58. The number of rotatable bonds is 3. The van der Waals surface area contributed by atoms with Gasteiger partial charge in [-0.05, 0) is 31.9 Å². The van der Waals surface area contributed by atoms with Crippen molar-refractivity contribution in [1.82, 2.24) is 0 Å². The average molecular weight is 204 g/mol. The van der Waals surface area contributed by atoms with Crippen LogP contribution in [0.25, 0.3) is 5.57 Å². The Hall–Kier alpha value is -1.57. The quantitative estimate of drug-likeness (QED) is 0.559. The van der Waals surface area contributed by atoms with Gasteiger partial charge in [-0.25, -0.2) is 4.79 Å². The fraction of sp³-hybridized carbons (Fsp3) is 0.308. The van der Waals surface area contributed by atoms with Crippen molar-refractivity contribution in [2.75, 3.05) is 6.61 Å². The van der Waals surface area contributed by atoms with E-state index >= 15 is 0 Å². The van der Waals surface area contributed by atoms with E-state index in [2.05, 4.69) is 0 Å². The maximum absolute atomic E-state index is 11.2. The van der Waals surface area contributed by atoms with Gasteiger partial charge in [0.25, 0.3) is 0 Å². The number of carbonyl (C=O) groups is 1. The minimum absolute atomic E-state index is 0.281. The lowest BCUT2D eigenvalue weighted by Gasteiger charge is -2.02. The van der Waals surface area contributed by atoms with Crippen molar-refractivity contribution in [2.24, 2.45) is 0 Å². The Morgan fingerprint density at radius 1 is 1.47 bits per heavy atom. The van der Waals surface area contributed by atoms with E-state index in [0.717, 1.165) is 11.1 Å². The zero-order valence-electron chi connectivity index (χ0n) is 9.41. The predicted octanol–water partition coefficient (Wildman–Crippen LogP) is 2.96. The van der Waals surface area contributed by atoms with Crippen molar-refractivity contribution in [3.8, 4) is 0 Å². The molecule has 2 nitrogen and oxygen atoms in total. The summed E-state index contributed by atoms with van der Waals surface area (Å²) in [5.41, 5.74) is 3.17. The number of hydrogen-bond acceptors (Lipinski definition) is 2. The van der Waals surface area contributed by atoms with Gasteiger partial charge in [0.1, 0.15) is 0 Å². The Kier molecular flexibility index (Phi) is 4.10. The highest BCUT2D eigenvalue weighted by molar-refractivity contribution is 5.90. The second kappa shape index (κ2) is 5.35. The molecule has 2 heteroatoms. The molecule has 0 spiro atoms. The van der Waals surface area contributed by atoms with Crippen LogP contribution in [0, 0.1) is 6.92 Å². The number of allylic oxidation sites excluding steroid dienone is 1. The van der Waals surface area contributed by atoms with Crippen molar-refractivity contribution >= 4 is 11.5 Å². The third-order valence-electron chi connectivity index (χ3n) is 2.09. The standard InChI is InChI=1S/C13H16O2/c1-4-15-13(14)9-11(3)12-7-5-6-10(2)8-12/h5-9H,4H2,1-3H3/b11-9-. The van der Waals surface area contributed by atoms with Crippen molar-refractivity contribution in [3.05, 3.63) is 41.5 Å². The summed E-state index contributed by atoms with van der Waals surface area (Å²) in [6.07, 6.45) is 1.53. The van der Waals surface area contributed by atoms with Gasteiger partial charge in [-0.1, -0.05) is 29.8 Å². The highest BCUT2D eigenvalue weighted by Crippen LogP contribution is 2.14. The second-order valence-electron chi connectivity index (χ2n) is 3.45. The molecule has 0 N–H and O–H groups in total. The van der Waals surface area contributed by atoms with Crippen LogP contribution in [0.3, 0.4) is 0 Å². The van der Waals surface area contributed by atoms with E-state index in [-0.39, 0.29) is 5.97 Å². The van der Waals surface area contributed by atoms with Crippen LogP contribution in [0.2, 0.25) is 0 Å². The molecule has 0 saturated carbocycles. The predicted molar refractivity (Wildman–Crippen MR) is 61.5 cm³/mol. The maximum Gasteiger partial charge on any atom is 0.331 e. The van der Waals surface area contributed by atoms with Crippen molar-refractivity contribution in [1.29, 1.82) is 0 Å². The second-order valence-corrected chi connectivity index (χ2v) is 3.45. The Labute approximate surface area is 90.6 Å². The van der Waals surface area contributed by atoms with Crippen molar-refractivity contribution in [2.45, 2.75) is 20.8 Å². The zero-order chi connectivity index (χ0) is 11.3. The minimum Gasteiger partial charge on any atom is -0.463 e. The van der Waals surface area contributed by atoms with Crippen LogP contribution in [0.1, 0.15) is 25.0 Å². The molecule has 0 aromatic heterocycles. The third-order valence-corrected chi connectivity index (χ3v) is 2.09. The van der Waals surface area contributed by atoms with Gasteiger partial charge in [0.05, 0.1) is 6.61 Å². The van der Waals surface area contributed by atoms with Crippen molar-refractivity contribution < 1.29 is 9.53 Å². The van der Waals surface area contributed by atoms with E-state index in [1.54, 1.807) is 6.92 Å². The fourth-order valence-corrected chi connectivity index (χ4v) is 1.33. The van der Waals surface area contributed by atoms with Crippen LogP contribution in [0.4, 0.5) is 0 Å². The molecule has 0 aliphatic carbocycles. The molecular weight excluding hydrogens is 188 g/mol. The Bertz CT molecular complexity index is 378. The van der Waals surface area contributed by atoms with E-state index in [0.29, 0.717) is 6.61 Å². The van der Waals surface area contributed by atoms with Gasteiger partial charge in [-0.2, -0.15) is 0 Å². The topological polar surface area (TPSA) is 26.3 Å². The molecule has 1 rings (SSSR count). The smallest absolute Gasteiger partial charge is 0.331 e. The molecule has 15 heavy (non-hydrogen) atoms. The molecule has 1 aromatic carbocycles. The van der Waals surface area contributed by atoms with Crippen LogP contribution in [-0.4, -0.2) is 12.6 Å². The normalized spacial score (nSPS) is 11.3. The van der Waals surface area contributed by atoms with Crippen LogP contribution in [-0.2, 0) is 9.53 Å². The number of carbonyl (C=O) groups excluding carboxylic acids is 1. The van der Waals surface area contributed by atoms with E-state index in [1.807, 2.05) is 38.1 Å². The molecule has 0 aliphatic heterocycles. The molecule has 0 atom stereocenters. The van der Waals surface area contributed by atoms with Crippen LogP contribution in [0.15, 0.2) is 30.3 Å². The van der Waals surface area contributed by atoms with Gasteiger partial charge in [0, 0.05) is 6.08 Å². The van der Waals surface area contributed by atoms with Gasteiger partial charge in [0.15, 0.2) is 0 Å². The van der Waals surface area contributed by atoms with Crippen molar-refractivity contribution in [3.63, 3.8) is 0 Å². The first-order valence-corrected chi connectivity index (χ1v) is 5.05. The van der Waals surface area contributed by atoms with E-state index < -0.39 is 0 Å². The SMILES string of the molecule is CCOC(=O)/C=C(/C)c1cccc(C)c1. The van der Waals surface area contributed by atoms with Gasteiger partial charge < -0.3 is 4.74 Å². The molecule has 0 fully saturated rings. The van der Waals surface area contributed by atoms with E-state index in [9.17, 15) is 4.79 Å². The lowest BCUT2D eigenvalue weighted by atomic mass is 10.1. The summed E-state index contributed by atoms with van der Waals surface area (Å²) in [5.74, 6) is -0.281. The maximum atomic E-state index is 11.2. The van der Waals surface area contributed by atoms with E-state index in [1.165, 1.54) is 11.6 Å². The molecule has 0 unspecified atom stereocenters. The molecule has 0 aliphatic rings. The molecule has 0 amide bonds. The summed E-state index contributed by atoms with van der Waals surface area (Å²) in [7, 11) is 0. The average Bonchev–Trinajstić information content (AvgIpc) is 2.18. The van der Waals surface area contributed by atoms with Gasteiger partial charge >= 0.3 is 5.97 Å². The fourth-order valence-electron chi connectivity index (χ4n) is 1.33. The Morgan fingerprint density at radius 3 is 2.80 bits per heavy atom. The summed E-state index contributed by atoms with van der Waals surface area (Å²) in [6, 6.07) is 8.04. The Balaban J connectivity index is 2.84. The molecular formula is C13H16O2. The van der Waals surface area contributed by atoms with Crippen LogP contribution >= 0.6 is 0 Å². The number of ether oxygens (including phenoxy) is 1. The largest absolute Gasteiger partial charge is 0.463 e. The Morgan fingerprint density at radius 2 is 2.20 bits per heavy atom. The molecule has 0 radical (unpaired) electrons. The van der Waals surface area contributed by atoms with Gasteiger partial charge in [-0.3, -0.25) is 0 Å². The summed E-state index contributed by atoms with van der Waals surface area (Å²) in [4.78, 5) is 11.2. The molecule has 0 heterocycles. The lowest BCUT2D eigenvalue weighted by Crippen LogP contribution is -2.00. The number of esters is 1. The van der Waals surface area contributed by atoms with Gasteiger partial charge in [0.2, 0.25) is 0 Å². The van der Waals surface area contributed by atoms with E-state index in [4.69, 9.17) is 4.74 Å². The molecule has 0 saturated heterocycles. The molecule has 80 valence electrons. The first-order chi connectivity index (χ1) is 7.13. The summed E-state index contributed by atoms with van der Waals surface area (Å²) < 4.78 is 4.85. The van der Waals surface area contributed by atoms with Crippen LogP contribution < -0.4 is 0 Å². The summed E-state index contributed by atoms with van der Waals surface area (Å²) in [6.45, 7) is 6.15. The lowest BCUT2D eigenvalue weighted by molar-refractivity contribution is -0.137. The highest BCUT2D eigenvalue weighted by Gasteiger charge is 2.00. The highest BCUT2D eigenvalue weighted by atomic mass is 16.5. The number of hydrogen-bond donors (Lipinski definition) is 0. The molecule has 0 bridgehead atoms. The minimum atomic E-state index is -0.281. The number of aryl methyl sites for hydroxylation is 1. The first kappa shape index (κ1) is 11.5.